The first-order chi connectivity index (χ1) is 21.3. The van der Waals surface area contributed by atoms with Crippen LogP contribution in [-0.2, 0) is 0 Å². The van der Waals surface area contributed by atoms with Crippen LogP contribution in [0.5, 0.6) is 0 Å². The van der Waals surface area contributed by atoms with Crippen LogP contribution in [0.3, 0.4) is 0 Å². The van der Waals surface area contributed by atoms with Crippen LogP contribution in [0.1, 0.15) is 0 Å². The van der Waals surface area contributed by atoms with E-state index < -0.39 is 0 Å². The summed E-state index contributed by atoms with van der Waals surface area (Å²) in [6, 6.07) is 53.7. The monoisotopic (exact) mass is 547 g/mol. The molecule has 0 saturated carbocycles. The van der Waals surface area contributed by atoms with Crippen molar-refractivity contribution >= 4 is 49.6 Å². The number of aromatic nitrogens is 2. The van der Waals surface area contributed by atoms with Gasteiger partial charge < -0.3 is 4.90 Å². The molecule has 0 amide bonds. The number of benzene rings is 7. The Hall–Kier alpha value is -5.80. The van der Waals surface area contributed by atoms with Gasteiger partial charge in [-0.15, -0.1) is 0 Å². The summed E-state index contributed by atoms with van der Waals surface area (Å²) in [6.45, 7) is 0. The molecule has 0 spiro atoms. The van der Waals surface area contributed by atoms with Gasteiger partial charge in [0.1, 0.15) is 0 Å². The predicted octanol–water partition coefficient (Wildman–Crippen LogP) is 10.7. The van der Waals surface area contributed by atoms with Gasteiger partial charge in [0, 0.05) is 27.8 Å². The van der Waals surface area contributed by atoms with Gasteiger partial charge in [-0.25, -0.2) is 9.97 Å². The van der Waals surface area contributed by atoms with Crippen LogP contribution in [0.4, 0.5) is 17.1 Å². The third kappa shape index (κ3) is 3.75. The summed E-state index contributed by atoms with van der Waals surface area (Å²) in [7, 11) is 0. The molecule has 0 aliphatic carbocycles. The molecule has 0 saturated heterocycles. The number of hydrogen-bond acceptors (Lipinski definition) is 3. The molecule has 2 heterocycles. The topological polar surface area (TPSA) is 29.0 Å². The van der Waals surface area contributed by atoms with E-state index in [1.54, 1.807) is 0 Å². The molecule has 0 radical (unpaired) electrons. The molecule has 200 valence electrons. The van der Waals surface area contributed by atoms with Crippen molar-refractivity contribution in [3.05, 3.63) is 152 Å². The molecule has 3 heteroatoms. The molecule has 3 nitrogen and oxygen atoms in total. The van der Waals surface area contributed by atoms with Crippen molar-refractivity contribution < 1.29 is 0 Å². The SMILES string of the molecule is c1cc(-c2nc3ccccc3nc2-c2ccc3ccccc3c2)cc(N2c3ccccc3-c3cccc4cccc2c34)c1. The molecule has 8 aromatic rings. The predicted molar refractivity (Wildman–Crippen MR) is 179 cm³/mol. The number of nitrogens with zero attached hydrogens (tertiary/aromatic N) is 3. The van der Waals surface area contributed by atoms with Crippen LogP contribution in [0, 0.1) is 0 Å². The lowest BCUT2D eigenvalue weighted by Crippen LogP contribution is -2.15. The number of rotatable bonds is 3. The van der Waals surface area contributed by atoms with Crippen LogP contribution in [0.25, 0.3) is 66.2 Å². The second-order valence-electron chi connectivity index (χ2n) is 11.1. The molecule has 0 unspecified atom stereocenters. The molecule has 0 atom stereocenters. The summed E-state index contributed by atoms with van der Waals surface area (Å²) in [6.07, 6.45) is 0. The van der Waals surface area contributed by atoms with E-state index in [0.29, 0.717) is 0 Å². The molecule has 1 aliphatic heterocycles. The average Bonchev–Trinajstić information content (AvgIpc) is 3.08. The minimum atomic E-state index is 0.875. The van der Waals surface area contributed by atoms with Crippen LogP contribution >= 0.6 is 0 Å². The van der Waals surface area contributed by atoms with Crippen LogP contribution < -0.4 is 4.90 Å². The van der Waals surface area contributed by atoms with Crippen molar-refractivity contribution in [2.24, 2.45) is 0 Å². The smallest absolute Gasteiger partial charge is 0.0973 e. The van der Waals surface area contributed by atoms with Crippen LogP contribution in [-0.4, -0.2) is 9.97 Å². The van der Waals surface area contributed by atoms with E-state index in [4.69, 9.17) is 9.97 Å². The molecule has 1 aromatic heterocycles. The highest BCUT2D eigenvalue weighted by atomic mass is 15.2. The molecule has 0 bridgehead atoms. The highest BCUT2D eigenvalue weighted by molar-refractivity contribution is 6.13. The van der Waals surface area contributed by atoms with E-state index in [-0.39, 0.29) is 0 Å². The molecule has 43 heavy (non-hydrogen) atoms. The Morgan fingerprint density at radius 2 is 1.00 bits per heavy atom. The summed E-state index contributed by atoms with van der Waals surface area (Å²) >= 11 is 0. The van der Waals surface area contributed by atoms with Crippen LogP contribution in [0.2, 0.25) is 0 Å². The highest BCUT2D eigenvalue weighted by Crippen LogP contribution is 2.51. The second-order valence-corrected chi connectivity index (χ2v) is 11.1. The third-order valence-electron chi connectivity index (χ3n) is 8.53. The average molecular weight is 548 g/mol. The highest BCUT2D eigenvalue weighted by Gasteiger charge is 2.26. The fraction of sp³-hybridized carbons (Fsp3) is 0. The summed E-state index contributed by atoms with van der Waals surface area (Å²) < 4.78 is 0. The minimum Gasteiger partial charge on any atom is -0.309 e. The first-order valence-electron chi connectivity index (χ1n) is 14.6. The lowest BCUT2D eigenvalue weighted by atomic mass is 9.91. The first-order valence-corrected chi connectivity index (χ1v) is 14.6. The first kappa shape index (κ1) is 23.9. The van der Waals surface area contributed by atoms with Gasteiger partial charge >= 0.3 is 0 Å². The fourth-order valence-corrected chi connectivity index (χ4v) is 6.57. The standard InChI is InChI=1S/C40H25N3/c1-2-11-28-24-30(23-22-26(28)10-1)40-39(41-34-18-4-5-19-35(34)42-40)29-14-7-15-31(25-29)43-36-20-6-3-16-32(36)33-17-8-12-27-13-9-21-37(43)38(27)33/h1-25H. The lowest BCUT2D eigenvalue weighted by molar-refractivity contribution is 1.27. The van der Waals surface area contributed by atoms with Gasteiger partial charge in [-0.05, 0) is 64.2 Å². The Labute approximate surface area is 249 Å². The van der Waals surface area contributed by atoms with Crippen molar-refractivity contribution in [3.63, 3.8) is 0 Å². The summed E-state index contributed by atoms with van der Waals surface area (Å²) in [5, 5.41) is 4.91. The van der Waals surface area contributed by atoms with E-state index in [1.165, 1.54) is 44.0 Å². The molecule has 7 aromatic carbocycles. The van der Waals surface area contributed by atoms with Crippen LogP contribution in [0.15, 0.2) is 152 Å². The normalized spacial score (nSPS) is 12.1. The largest absolute Gasteiger partial charge is 0.309 e. The summed E-state index contributed by atoms with van der Waals surface area (Å²) in [4.78, 5) is 12.8. The molecule has 0 N–H and O–H groups in total. The van der Waals surface area contributed by atoms with Gasteiger partial charge in [-0.2, -0.15) is 0 Å². The Bertz CT molecular complexity index is 2370. The van der Waals surface area contributed by atoms with Gasteiger partial charge in [0.15, 0.2) is 0 Å². The maximum Gasteiger partial charge on any atom is 0.0973 e. The van der Waals surface area contributed by atoms with E-state index in [0.717, 1.165) is 39.2 Å². The maximum atomic E-state index is 5.23. The van der Waals surface area contributed by atoms with Gasteiger partial charge in [0.2, 0.25) is 0 Å². The molecule has 1 aliphatic rings. The number of fused-ring (bicyclic) bond motifs is 4. The zero-order chi connectivity index (χ0) is 28.3. The van der Waals surface area contributed by atoms with Gasteiger partial charge in [0.25, 0.3) is 0 Å². The Balaban J connectivity index is 1.28. The van der Waals surface area contributed by atoms with E-state index in [9.17, 15) is 0 Å². The third-order valence-corrected chi connectivity index (χ3v) is 8.53. The van der Waals surface area contributed by atoms with Crippen molar-refractivity contribution in [3.8, 4) is 33.6 Å². The number of hydrogen-bond donors (Lipinski definition) is 0. The molecular formula is C40H25N3. The Kier molecular flexibility index (Phi) is 5.20. The fourth-order valence-electron chi connectivity index (χ4n) is 6.57. The zero-order valence-electron chi connectivity index (χ0n) is 23.3. The Morgan fingerprint density at radius 1 is 0.395 bits per heavy atom. The van der Waals surface area contributed by atoms with E-state index in [2.05, 4.69) is 132 Å². The number of anilines is 3. The minimum absolute atomic E-state index is 0.875. The lowest BCUT2D eigenvalue weighted by Gasteiger charge is -2.33. The second kappa shape index (κ2) is 9.37. The quantitative estimate of drug-likeness (QED) is 0.220. The molecule has 9 rings (SSSR count). The van der Waals surface area contributed by atoms with Crippen molar-refractivity contribution in [2.45, 2.75) is 0 Å². The summed E-state index contributed by atoms with van der Waals surface area (Å²) in [5.74, 6) is 0. The van der Waals surface area contributed by atoms with E-state index in [1.807, 2.05) is 24.3 Å². The Morgan fingerprint density at radius 3 is 1.84 bits per heavy atom. The molecular weight excluding hydrogens is 522 g/mol. The van der Waals surface area contributed by atoms with Crippen molar-refractivity contribution in [1.82, 2.24) is 9.97 Å². The van der Waals surface area contributed by atoms with Gasteiger partial charge in [-0.1, -0.05) is 109 Å². The van der Waals surface area contributed by atoms with Gasteiger partial charge in [0.05, 0.1) is 33.8 Å². The van der Waals surface area contributed by atoms with Gasteiger partial charge in [-0.3, -0.25) is 0 Å². The summed E-state index contributed by atoms with van der Waals surface area (Å²) in [5.41, 5.74) is 11.6. The number of para-hydroxylation sites is 3. The maximum absolute atomic E-state index is 5.23. The zero-order valence-corrected chi connectivity index (χ0v) is 23.3. The molecule has 0 fully saturated rings. The van der Waals surface area contributed by atoms with E-state index >= 15 is 0 Å². The van der Waals surface area contributed by atoms with Crippen molar-refractivity contribution in [2.75, 3.05) is 4.90 Å². The van der Waals surface area contributed by atoms with Crippen molar-refractivity contribution in [1.29, 1.82) is 0 Å².